The SMILES string of the molecule is CCC1CCN(CCCN2CCCC2)C(C(=O)O)C1. The van der Waals surface area contributed by atoms with Gasteiger partial charge in [0.1, 0.15) is 6.04 Å². The second-order valence-electron chi connectivity index (χ2n) is 6.09. The topological polar surface area (TPSA) is 43.8 Å². The van der Waals surface area contributed by atoms with Crippen molar-refractivity contribution in [3.8, 4) is 0 Å². The fourth-order valence-electron chi connectivity index (χ4n) is 3.49. The van der Waals surface area contributed by atoms with Gasteiger partial charge in [-0.05, 0) is 64.2 Å². The minimum absolute atomic E-state index is 0.239. The zero-order valence-corrected chi connectivity index (χ0v) is 12.2. The lowest BCUT2D eigenvalue weighted by molar-refractivity contribution is -0.145. The molecule has 2 atom stereocenters. The number of carboxylic acids is 1. The minimum atomic E-state index is -0.626. The van der Waals surface area contributed by atoms with Crippen molar-refractivity contribution in [1.82, 2.24) is 9.80 Å². The molecule has 0 amide bonds. The predicted octanol–water partition coefficient (Wildman–Crippen LogP) is 2.05. The molecule has 0 bridgehead atoms. The molecule has 2 aliphatic heterocycles. The Balaban J connectivity index is 1.75. The minimum Gasteiger partial charge on any atom is -0.480 e. The van der Waals surface area contributed by atoms with Crippen LogP contribution >= 0.6 is 0 Å². The van der Waals surface area contributed by atoms with Gasteiger partial charge in [-0.2, -0.15) is 0 Å². The van der Waals surface area contributed by atoms with E-state index in [2.05, 4.69) is 16.7 Å². The molecule has 0 aromatic heterocycles. The fourth-order valence-corrected chi connectivity index (χ4v) is 3.49. The zero-order chi connectivity index (χ0) is 13.7. The van der Waals surface area contributed by atoms with Crippen LogP contribution in [0.25, 0.3) is 0 Å². The average Bonchev–Trinajstić information content (AvgIpc) is 2.92. The zero-order valence-electron chi connectivity index (χ0n) is 12.2. The molecule has 4 heteroatoms. The number of nitrogens with zero attached hydrogens (tertiary/aromatic N) is 2. The van der Waals surface area contributed by atoms with Crippen LogP contribution in [0.2, 0.25) is 0 Å². The molecule has 0 aliphatic carbocycles. The van der Waals surface area contributed by atoms with Gasteiger partial charge in [-0.25, -0.2) is 0 Å². The Morgan fingerprint density at radius 2 is 1.95 bits per heavy atom. The van der Waals surface area contributed by atoms with Crippen LogP contribution in [0, 0.1) is 5.92 Å². The van der Waals surface area contributed by atoms with E-state index >= 15 is 0 Å². The number of aliphatic carboxylic acids is 1. The summed E-state index contributed by atoms with van der Waals surface area (Å²) in [6.07, 6.45) is 6.91. The lowest BCUT2D eigenvalue weighted by Gasteiger charge is -2.37. The van der Waals surface area contributed by atoms with Crippen molar-refractivity contribution >= 4 is 5.97 Å². The number of hydrogen-bond donors (Lipinski definition) is 1. The number of piperidine rings is 1. The highest BCUT2D eigenvalue weighted by molar-refractivity contribution is 5.73. The van der Waals surface area contributed by atoms with Crippen molar-refractivity contribution in [3.05, 3.63) is 0 Å². The Kier molecular flexibility index (Phi) is 5.64. The highest BCUT2D eigenvalue weighted by Crippen LogP contribution is 2.25. The van der Waals surface area contributed by atoms with Gasteiger partial charge in [0.05, 0.1) is 0 Å². The average molecular weight is 268 g/mol. The summed E-state index contributed by atoms with van der Waals surface area (Å²) in [4.78, 5) is 16.1. The lowest BCUT2D eigenvalue weighted by atomic mass is 9.89. The van der Waals surface area contributed by atoms with Crippen LogP contribution in [0.15, 0.2) is 0 Å². The van der Waals surface area contributed by atoms with Crippen LogP contribution < -0.4 is 0 Å². The van der Waals surface area contributed by atoms with Crippen molar-refractivity contribution in [3.63, 3.8) is 0 Å². The summed E-state index contributed by atoms with van der Waals surface area (Å²) in [7, 11) is 0. The third-order valence-corrected chi connectivity index (χ3v) is 4.80. The summed E-state index contributed by atoms with van der Waals surface area (Å²) < 4.78 is 0. The van der Waals surface area contributed by atoms with E-state index in [9.17, 15) is 9.90 Å². The summed E-state index contributed by atoms with van der Waals surface area (Å²) in [5.74, 6) is -0.0183. The number of carboxylic acid groups (broad SMARTS) is 1. The number of rotatable bonds is 6. The largest absolute Gasteiger partial charge is 0.480 e. The highest BCUT2D eigenvalue weighted by Gasteiger charge is 2.32. The standard InChI is InChI=1S/C15H28N2O2/c1-2-13-6-11-17(14(12-13)15(18)19)10-5-9-16-7-3-4-8-16/h13-14H,2-12H2,1H3,(H,18,19). The van der Waals surface area contributed by atoms with Crippen LogP contribution in [0.3, 0.4) is 0 Å². The van der Waals surface area contributed by atoms with Crippen LogP contribution in [0.5, 0.6) is 0 Å². The maximum Gasteiger partial charge on any atom is 0.320 e. The van der Waals surface area contributed by atoms with Gasteiger partial charge >= 0.3 is 5.97 Å². The molecule has 2 fully saturated rings. The van der Waals surface area contributed by atoms with Gasteiger partial charge in [-0.3, -0.25) is 9.69 Å². The van der Waals surface area contributed by atoms with Crippen molar-refractivity contribution in [2.24, 2.45) is 5.92 Å². The normalized spacial score (nSPS) is 29.7. The fraction of sp³-hybridized carbons (Fsp3) is 0.933. The molecule has 2 aliphatic rings. The van der Waals surface area contributed by atoms with E-state index < -0.39 is 5.97 Å². The van der Waals surface area contributed by atoms with Crippen molar-refractivity contribution < 1.29 is 9.90 Å². The Bertz CT molecular complexity index is 290. The summed E-state index contributed by atoms with van der Waals surface area (Å²) in [5, 5.41) is 9.38. The molecule has 2 heterocycles. The lowest BCUT2D eigenvalue weighted by Crippen LogP contribution is -2.47. The summed E-state index contributed by atoms with van der Waals surface area (Å²) >= 11 is 0. The third kappa shape index (κ3) is 4.18. The van der Waals surface area contributed by atoms with Crippen molar-refractivity contribution in [1.29, 1.82) is 0 Å². The quantitative estimate of drug-likeness (QED) is 0.800. The molecule has 2 unspecified atom stereocenters. The summed E-state index contributed by atoms with van der Waals surface area (Å²) in [6.45, 7) is 7.70. The first-order chi connectivity index (χ1) is 9.20. The van der Waals surface area contributed by atoms with Gasteiger partial charge in [0.2, 0.25) is 0 Å². The van der Waals surface area contributed by atoms with Crippen LogP contribution in [-0.4, -0.2) is 59.6 Å². The monoisotopic (exact) mass is 268 g/mol. The van der Waals surface area contributed by atoms with E-state index in [1.54, 1.807) is 0 Å². The van der Waals surface area contributed by atoms with Gasteiger partial charge in [-0.15, -0.1) is 0 Å². The van der Waals surface area contributed by atoms with Crippen LogP contribution in [0.4, 0.5) is 0 Å². The van der Waals surface area contributed by atoms with Gasteiger partial charge in [0.15, 0.2) is 0 Å². The molecule has 0 aromatic rings. The second-order valence-corrected chi connectivity index (χ2v) is 6.09. The molecular formula is C15H28N2O2. The first-order valence-corrected chi connectivity index (χ1v) is 7.90. The number of carbonyl (C=O) groups is 1. The van der Waals surface area contributed by atoms with Gasteiger partial charge in [0, 0.05) is 6.54 Å². The van der Waals surface area contributed by atoms with Gasteiger partial charge in [0.25, 0.3) is 0 Å². The first-order valence-electron chi connectivity index (χ1n) is 7.90. The van der Waals surface area contributed by atoms with E-state index in [1.165, 1.54) is 32.4 Å². The van der Waals surface area contributed by atoms with E-state index in [0.717, 1.165) is 38.9 Å². The van der Waals surface area contributed by atoms with Crippen LogP contribution in [0.1, 0.15) is 45.4 Å². The molecule has 0 aromatic carbocycles. The number of hydrogen-bond acceptors (Lipinski definition) is 3. The third-order valence-electron chi connectivity index (χ3n) is 4.80. The maximum absolute atomic E-state index is 11.4. The van der Waals surface area contributed by atoms with E-state index in [1.807, 2.05) is 0 Å². The molecule has 0 spiro atoms. The molecule has 1 N–H and O–H groups in total. The maximum atomic E-state index is 11.4. The Hall–Kier alpha value is -0.610. The molecule has 19 heavy (non-hydrogen) atoms. The summed E-state index contributed by atoms with van der Waals surface area (Å²) in [5.41, 5.74) is 0. The molecule has 0 saturated carbocycles. The highest BCUT2D eigenvalue weighted by atomic mass is 16.4. The van der Waals surface area contributed by atoms with Crippen molar-refractivity contribution in [2.45, 2.75) is 51.5 Å². The smallest absolute Gasteiger partial charge is 0.320 e. The molecule has 4 nitrogen and oxygen atoms in total. The van der Waals surface area contributed by atoms with E-state index in [-0.39, 0.29) is 6.04 Å². The molecule has 2 saturated heterocycles. The summed E-state index contributed by atoms with van der Waals surface area (Å²) in [6, 6.07) is -0.239. The Labute approximate surface area is 116 Å². The Morgan fingerprint density at radius 3 is 2.58 bits per heavy atom. The first kappa shape index (κ1) is 14.8. The van der Waals surface area contributed by atoms with Gasteiger partial charge in [-0.1, -0.05) is 13.3 Å². The Morgan fingerprint density at radius 1 is 1.21 bits per heavy atom. The van der Waals surface area contributed by atoms with Crippen molar-refractivity contribution in [2.75, 3.05) is 32.7 Å². The molecule has 2 rings (SSSR count). The van der Waals surface area contributed by atoms with E-state index in [4.69, 9.17) is 0 Å². The predicted molar refractivity (Wildman–Crippen MR) is 76.3 cm³/mol. The van der Waals surface area contributed by atoms with Gasteiger partial charge < -0.3 is 10.0 Å². The molecule has 0 radical (unpaired) electrons. The second kappa shape index (κ2) is 7.25. The molecule has 110 valence electrons. The molecular weight excluding hydrogens is 240 g/mol. The van der Waals surface area contributed by atoms with E-state index in [0.29, 0.717) is 5.92 Å². The van der Waals surface area contributed by atoms with Crippen LogP contribution in [-0.2, 0) is 4.79 Å². The number of likely N-dealkylation sites (tertiary alicyclic amines) is 2.